The van der Waals surface area contributed by atoms with Crippen LogP contribution in [0.3, 0.4) is 0 Å². The van der Waals surface area contributed by atoms with Gasteiger partial charge in [0.2, 0.25) is 5.91 Å². The molecular formula is C10H16N4O. The number of nitrogens with one attached hydrogen (secondary N) is 2. The van der Waals surface area contributed by atoms with E-state index in [1.54, 1.807) is 6.20 Å². The lowest BCUT2D eigenvalue weighted by atomic mass is 10.2. The molecule has 0 unspecified atom stereocenters. The van der Waals surface area contributed by atoms with E-state index in [0.717, 1.165) is 5.56 Å². The maximum Gasteiger partial charge on any atom is 0.239 e. The Kier molecular flexibility index (Phi) is 3.91. The Labute approximate surface area is 89.1 Å². The normalized spacial score (nSPS) is 9.73. The Morgan fingerprint density at radius 2 is 2.33 bits per heavy atom. The number of carbonyl (C=O) groups excluding carboxylic acids is 1. The first-order valence-corrected chi connectivity index (χ1v) is 4.86. The van der Waals surface area contributed by atoms with Gasteiger partial charge in [0.1, 0.15) is 5.82 Å². The van der Waals surface area contributed by atoms with Gasteiger partial charge in [-0.05, 0) is 25.5 Å². The van der Waals surface area contributed by atoms with E-state index in [4.69, 9.17) is 5.73 Å². The third-order valence-electron chi connectivity index (χ3n) is 1.89. The summed E-state index contributed by atoms with van der Waals surface area (Å²) in [7, 11) is 0. The van der Waals surface area contributed by atoms with Gasteiger partial charge in [0.25, 0.3) is 0 Å². The molecule has 0 aromatic carbocycles. The standard InChI is InChI=1S/C10H16N4O/c1-3-12-9(15)6-14-10-7(2)4-8(11)5-13-10/h4-5H,3,6,11H2,1-2H3,(H,12,15)(H,13,14). The molecule has 0 bridgehead atoms. The second-order valence-corrected chi connectivity index (χ2v) is 3.24. The molecular weight excluding hydrogens is 192 g/mol. The van der Waals surface area contributed by atoms with Crippen molar-refractivity contribution in [1.82, 2.24) is 10.3 Å². The smallest absolute Gasteiger partial charge is 0.239 e. The summed E-state index contributed by atoms with van der Waals surface area (Å²) in [6.07, 6.45) is 1.56. The second kappa shape index (κ2) is 5.19. The summed E-state index contributed by atoms with van der Waals surface area (Å²) in [5, 5.41) is 5.64. The average molecular weight is 208 g/mol. The molecule has 0 radical (unpaired) electrons. The number of pyridine rings is 1. The fraction of sp³-hybridized carbons (Fsp3) is 0.400. The first-order chi connectivity index (χ1) is 7.13. The molecule has 0 fully saturated rings. The quantitative estimate of drug-likeness (QED) is 0.674. The van der Waals surface area contributed by atoms with Crippen LogP contribution >= 0.6 is 0 Å². The topological polar surface area (TPSA) is 80.0 Å². The van der Waals surface area contributed by atoms with Gasteiger partial charge in [-0.3, -0.25) is 4.79 Å². The minimum Gasteiger partial charge on any atom is -0.397 e. The van der Waals surface area contributed by atoms with Crippen molar-refractivity contribution in [2.24, 2.45) is 0 Å². The monoisotopic (exact) mass is 208 g/mol. The zero-order chi connectivity index (χ0) is 11.3. The molecule has 0 atom stereocenters. The van der Waals surface area contributed by atoms with Crippen LogP contribution in [-0.2, 0) is 4.79 Å². The summed E-state index contributed by atoms with van der Waals surface area (Å²) in [6.45, 7) is 4.63. The second-order valence-electron chi connectivity index (χ2n) is 3.24. The van der Waals surface area contributed by atoms with Gasteiger partial charge in [-0.15, -0.1) is 0 Å². The van der Waals surface area contributed by atoms with Crippen molar-refractivity contribution in [1.29, 1.82) is 0 Å². The summed E-state index contributed by atoms with van der Waals surface area (Å²) < 4.78 is 0. The highest BCUT2D eigenvalue weighted by Crippen LogP contribution is 2.13. The van der Waals surface area contributed by atoms with Crippen LogP contribution in [0.2, 0.25) is 0 Å². The van der Waals surface area contributed by atoms with Crippen molar-refractivity contribution in [2.75, 3.05) is 24.1 Å². The first kappa shape index (κ1) is 11.3. The predicted molar refractivity (Wildman–Crippen MR) is 60.6 cm³/mol. The van der Waals surface area contributed by atoms with Crippen LogP contribution in [0.25, 0.3) is 0 Å². The fourth-order valence-corrected chi connectivity index (χ4v) is 1.21. The molecule has 0 aliphatic heterocycles. The molecule has 0 spiro atoms. The minimum absolute atomic E-state index is 0.0458. The van der Waals surface area contributed by atoms with Crippen LogP contribution in [0.1, 0.15) is 12.5 Å². The van der Waals surface area contributed by atoms with Gasteiger partial charge in [-0.2, -0.15) is 0 Å². The van der Waals surface area contributed by atoms with Crippen LogP contribution in [0.15, 0.2) is 12.3 Å². The summed E-state index contributed by atoms with van der Waals surface area (Å²) in [6, 6.07) is 1.81. The predicted octanol–water partition coefficient (Wildman–Crippen LogP) is 0.520. The van der Waals surface area contributed by atoms with Crippen LogP contribution in [-0.4, -0.2) is 24.0 Å². The number of rotatable bonds is 4. The lowest BCUT2D eigenvalue weighted by Crippen LogP contribution is -2.29. The summed E-state index contributed by atoms with van der Waals surface area (Å²) in [4.78, 5) is 15.3. The zero-order valence-corrected chi connectivity index (χ0v) is 9.00. The number of hydrogen-bond acceptors (Lipinski definition) is 4. The maximum absolute atomic E-state index is 11.2. The lowest BCUT2D eigenvalue weighted by molar-refractivity contribution is -0.119. The Hall–Kier alpha value is -1.78. The molecule has 0 aliphatic carbocycles. The molecule has 1 amide bonds. The number of nitrogens with zero attached hydrogens (tertiary/aromatic N) is 1. The molecule has 5 heteroatoms. The third-order valence-corrected chi connectivity index (χ3v) is 1.89. The number of hydrogen-bond donors (Lipinski definition) is 3. The highest BCUT2D eigenvalue weighted by Gasteiger charge is 2.02. The molecule has 4 N–H and O–H groups in total. The van der Waals surface area contributed by atoms with E-state index in [9.17, 15) is 4.79 Å². The number of nitrogen functional groups attached to an aromatic ring is 1. The van der Waals surface area contributed by atoms with Gasteiger partial charge in [0.05, 0.1) is 18.4 Å². The highest BCUT2D eigenvalue weighted by molar-refractivity contribution is 5.80. The van der Waals surface area contributed by atoms with E-state index in [1.807, 2.05) is 19.9 Å². The van der Waals surface area contributed by atoms with E-state index in [1.165, 1.54) is 0 Å². The molecule has 15 heavy (non-hydrogen) atoms. The number of anilines is 2. The van der Waals surface area contributed by atoms with Gasteiger partial charge in [0, 0.05) is 6.54 Å². The number of carbonyl (C=O) groups is 1. The van der Waals surface area contributed by atoms with Crippen LogP contribution in [0.5, 0.6) is 0 Å². The highest BCUT2D eigenvalue weighted by atomic mass is 16.1. The maximum atomic E-state index is 11.2. The van der Waals surface area contributed by atoms with E-state index >= 15 is 0 Å². The molecule has 0 saturated carbocycles. The number of aryl methyl sites for hydroxylation is 1. The third kappa shape index (κ3) is 3.46. The molecule has 1 heterocycles. The number of aromatic nitrogens is 1. The van der Waals surface area contributed by atoms with Crippen molar-refractivity contribution in [3.8, 4) is 0 Å². The summed E-state index contributed by atoms with van der Waals surface area (Å²) in [5.41, 5.74) is 7.11. The molecule has 0 saturated heterocycles. The summed E-state index contributed by atoms with van der Waals surface area (Å²) >= 11 is 0. The largest absolute Gasteiger partial charge is 0.397 e. The van der Waals surface area contributed by atoms with Crippen molar-refractivity contribution in [2.45, 2.75) is 13.8 Å². The molecule has 1 aromatic heterocycles. The Morgan fingerprint density at radius 3 is 2.93 bits per heavy atom. The lowest BCUT2D eigenvalue weighted by Gasteiger charge is -2.08. The molecule has 1 aromatic rings. The SMILES string of the molecule is CCNC(=O)CNc1ncc(N)cc1C. The molecule has 0 aliphatic rings. The van der Waals surface area contributed by atoms with E-state index in [0.29, 0.717) is 18.1 Å². The van der Waals surface area contributed by atoms with E-state index < -0.39 is 0 Å². The average Bonchev–Trinajstić information content (AvgIpc) is 2.17. The van der Waals surface area contributed by atoms with Crippen molar-refractivity contribution < 1.29 is 4.79 Å². The molecule has 82 valence electrons. The fourth-order valence-electron chi connectivity index (χ4n) is 1.21. The van der Waals surface area contributed by atoms with Crippen LogP contribution in [0, 0.1) is 6.92 Å². The van der Waals surface area contributed by atoms with Gasteiger partial charge >= 0.3 is 0 Å². The zero-order valence-electron chi connectivity index (χ0n) is 9.00. The first-order valence-electron chi connectivity index (χ1n) is 4.86. The van der Waals surface area contributed by atoms with Crippen molar-refractivity contribution in [3.63, 3.8) is 0 Å². The van der Waals surface area contributed by atoms with Gasteiger partial charge in [-0.25, -0.2) is 4.98 Å². The number of amides is 1. The Bertz CT molecular complexity index is 351. The summed E-state index contributed by atoms with van der Waals surface area (Å²) in [5.74, 6) is 0.644. The van der Waals surface area contributed by atoms with Gasteiger partial charge in [0.15, 0.2) is 0 Å². The van der Waals surface area contributed by atoms with Crippen molar-refractivity contribution >= 4 is 17.4 Å². The van der Waals surface area contributed by atoms with Gasteiger partial charge in [-0.1, -0.05) is 0 Å². The van der Waals surface area contributed by atoms with Crippen LogP contribution < -0.4 is 16.4 Å². The van der Waals surface area contributed by atoms with Gasteiger partial charge < -0.3 is 16.4 Å². The molecule has 5 nitrogen and oxygen atoms in total. The molecule has 1 rings (SSSR count). The minimum atomic E-state index is -0.0458. The number of likely N-dealkylation sites (N-methyl/N-ethyl adjacent to an activating group) is 1. The Balaban J connectivity index is 2.54. The number of nitrogens with two attached hydrogens (primary N) is 1. The van der Waals surface area contributed by atoms with Crippen LogP contribution in [0.4, 0.5) is 11.5 Å². The van der Waals surface area contributed by atoms with E-state index in [-0.39, 0.29) is 12.5 Å². The van der Waals surface area contributed by atoms with Crippen molar-refractivity contribution in [3.05, 3.63) is 17.8 Å². The Morgan fingerprint density at radius 1 is 1.60 bits per heavy atom. The van der Waals surface area contributed by atoms with E-state index in [2.05, 4.69) is 15.6 Å².